The molecule has 0 aliphatic rings. The van der Waals surface area contributed by atoms with Crippen LogP contribution in [0.2, 0.25) is 0 Å². The molecule has 0 atom stereocenters. The van der Waals surface area contributed by atoms with Gasteiger partial charge in [-0.3, -0.25) is 5.10 Å². The van der Waals surface area contributed by atoms with E-state index in [1.807, 2.05) is 18.3 Å². The minimum atomic E-state index is 0.994. The van der Waals surface area contributed by atoms with E-state index in [0.717, 1.165) is 17.7 Å². The molecule has 0 unspecified atom stereocenters. The molecule has 92 valence electrons. The number of hydrogen-bond donors (Lipinski definition) is 1. The maximum Gasteiger partial charge on any atom is 0.0647 e. The SMILES string of the molecule is C=C/C=C(/CCCCCC)c1cn[nH]c1C=C. The van der Waals surface area contributed by atoms with Crippen molar-refractivity contribution in [3.05, 3.63) is 42.8 Å². The molecule has 0 aliphatic carbocycles. The molecule has 1 aromatic rings. The van der Waals surface area contributed by atoms with Gasteiger partial charge in [-0.2, -0.15) is 5.10 Å². The van der Waals surface area contributed by atoms with Crippen molar-refractivity contribution < 1.29 is 0 Å². The molecule has 0 spiro atoms. The summed E-state index contributed by atoms with van der Waals surface area (Å²) in [5.41, 5.74) is 3.43. The molecule has 1 N–H and O–H groups in total. The molecule has 17 heavy (non-hydrogen) atoms. The first-order chi connectivity index (χ1) is 8.33. The Morgan fingerprint density at radius 3 is 2.82 bits per heavy atom. The van der Waals surface area contributed by atoms with E-state index in [-0.39, 0.29) is 0 Å². The van der Waals surface area contributed by atoms with Crippen molar-refractivity contribution in [3.63, 3.8) is 0 Å². The Morgan fingerprint density at radius 1 is 1.35 bits per heavy atom. The number of allylic oxidation sites excluding steroid dienone is 3. The summed E-state index contributed by atoms with van der Waals surface area (Å²) in [5.74, 6) is 0. The Morgan fingerprint density at radius 2 is 2.18 bits per heavy atom. The summed E-state index contributed by atoms with van der Waals surface area (Å²) in [5, 5.41) is 7.02. The van der Waals surface area contributed by atoms with Crippen molar-refractivity contribution in [2.24, 2.45) is 0 Å². The standard InChI is InChI=1S/C15H22N2/c1-4-7-8-9-11-13(10-5-2)14-12-16-17-15(14)6-3/h5-6,10,12H,2-4,7-9,11H2,1H3,(H,16,17)/b13-10-. The number of nitrogens with zero attached hydrogens (tertiary/aromatic N) is 1. The van der Waals surface area contributed by atoms with E-state index >= 15 is 0 Å². The molecule has 1 heterocycles. The van der Waals surface area contributed by atoms with Crippen molar-refractivity contribution in [3.8, 4) is 0 Å². The highest BCUT2D eigenvalue weighted by Crippen LogP contribution is 2.24. The van der Waals surface area contributed by atoms with Gasteiger partial charge >= 0.3 is 0 Å². The van der Waals surface area contributed by atoms with Gasteiger partial charge in [0.25, 0.3) is 0 Å². The van der Waals surface area contributed by atoms with E-state index in [9.17, 15) is 0 Å². The molecule has 0 aromatic carbocycles. The topological polar surface area (TPSA) is 28.7 Å². The number of rotatable bonds is 8. The Hall–Kier alpha value is -1.57. The van der Waals surface area contributed by atoms with Gasteiger partial charge in [-0.05, 0) is 24.5 Å². The summed E-state index contributed by atoms with van der Waals surface area (Å²) in [6, 6.07) is 0. The molecule has 1 aromatic heterocycles. The summed E-state index contributed by atoms with van der Waals surface area (Å²) in [4.78, 5) is 0. The number of hydrogen-bond acceptors (Lipinski definition) is 1. The first-order valence-corrected chi connectivity index (χ1v) is 6.31. The summed E-state index contributed by atoms with van der Waals surface area (Å²) in [6.45, 7) is 9.80. The van der Waals surface area contributed by atoms with Crippen LogP contribution >= 0.6 is 0 Å². The summed E-state index contributed by atoms with van der Waals surface area (Å²) < 4.78 is 0. The smallest absolute Gasteiger partial charge is 0.0647 e. The van der Waals surface area contributed by atoms with Crippen LogP contribution in [0.3, 0.4) is 0 Å². The number of aromatic amines is 1. The van der Waals surface area contributed by atoms with Crippen LogP contribution in [-0.4, -0.2) is 10.2 Å². The van der Waals surface area contributed by atoms with Gasteiger partial charge in [0.05, 0.1) is 11.9 Å². The van der Waals surface area contributed by atoms with Gasteiger partial charge in [0.1, 0.15) is 0 Å². The molecule has 0 fully saturated rings. The third-order valence-electron chi connectivity index (χ3n) is 2.84. The Bertz CT molecular complexity index is 385. The van der Waals surface area contributed by atoms with E-state index in [0.29, 0.717) is 0 Å². The van der Waals surface area contributed by atoms with Crippen molar-refractivity contribution in [2.45, 2.75) is 39.0 Å². The quantitative estimate of drug-likeness (QED) is 0.513. The highest BCUT2D eigenvalue weighted by molar-refractivity contribution is 5.72. The average Bonchev–Trinajstić information content (AvgIpc) is 2.81. The van der Waals surface area contributed by atoms with Crippen LogP contribution in [0.15, 0.2) is 31.5 Å². The van der Waals surface area contributed by atoms with Crippen LogP contribution in [0.4, 0.5) is 0 Å². The monoisotopic (exact) mass is 230 g/mol. The second-order valence-corrected chi connectivity index (χ2v) is 4.14. The molecule has 0 aliphatic heterocycles. The van der Waals surface area contributed by atoms with Crippen molar-refractivity contribution in [2.75, 3.05) is 0 Å². The zero-order valence-corrected chi connectivity index (χ0v) is 10.7. The molecular formula is C15H22N2. The molecule has 0 saturated heterocycles. The predicted octanol–water partition coefficient (Wildman–Crippen LogP) is 4.59. The highest BCUT2D eigenvalue weighted by atomic mass is 15.1. The van der Waals surface area contributed by atoms with Crippen LogP contribution in [0.25, 0.3) is 11.6 Å². The van der Waals surface area contributed by atoms with Crippen LogP contribution in [0, 0.1) is 0 Å². The van der Waals surface area contributed by atoms with Gasteiger partial charge in [0, 0.05) is 5.56 Å². The molecular weight excluding hydrogens is 208 g/mol. The molecule has 0 saturated carbocycles. The average molecular weight is 230 g/mol. The van der Waals surface area contributed by atoms with E-state index in [1.54, 1.807) is 0 Å². The Balaban J connectivity index is 2.69. The van der Waals surface area contributed by atoms with Gasteiger partial charge in [0.2, 0.25) is 0 Å². The minimum absolute atomic E-state index is 0.994. The highest BCUT2D eigenvalue weighted by Gasteiger charge is 2.07. The number of unbranched alkanes of at least 4 members (excludes halogenated alkanes) is 3. The summed E-state index contributed by atoms with van der Waals surface area (Å²) in [6.07, 6.45) is 13.7. The minimum Gasteiger partial charge on any atom is -0.278 e. The molecule has 2 nitrogen and oxygen atoms in total. The van der Waals surface area contributed by atoms with E-state index in [2.05, 4.69) is 36.4 Å². The van der Waals surface area contributed by atoms with Gasteiger partial charge in [0.15, 0.2) is 0 Å². The van der Waals surface area contributed by atoms with Crippen molar-refractivity contribution in [1.82, 2.24) is 10.2 Å². The fourth-order valence-electron chi connectivity index (χ4n) is 1.90. The largest absolute Gasteiger partial charge is 0.278 e. The Labute approximate surface area is 104 Å². The molecule has 1 rings (SSSR count). The number of H-pyrrole nitrogens is 1. The van der Waals surface area contributed by atoms with Gasteiger partial charge < -0.3 is 0 Å². The lowest BCUT2D eigenvalue weighted by atomic mass is 9.99. The van der Waals surface area contributed by atoms with E-state index < -0.39 is 0 Å². The zero-order valence-electron chi connectivity index (χ0n) is 10.7. The molecule has 0 amide bonds. The normalized spacial score (nSPS) is 11.5. The van der Waals surface area contributed by atoms with Gasteiger partial charge in [-0.1, -0.05) is 51.5 Å². The predicted molar refractivity (Wildman–Crippen MR) is 75.6 cm³/mol. The van der Waals surface area contributed by atoms with Crippen LogP contribution in [0.1, 0.15) is 50.3 Å². The van der Waals surface area contributed by atoms with Crippen LogP contribution in [0.5, 0.6) is 0 Å². The third-order valence-corrected chi connectivity index (χ3v) is 2.84. The van der Waals surface area contributed by atoms with Crippen LogP contribution in [-0.2, 0) is 0 Å². The molecule has 0 radical (unpaired) electrons. The van der Waals surface area contributed by atoms with Gasteiger partial charge in [-0.15, -0.1) is 0 Å². The maximum atomic E-state index is 4.07. The van der Waals surface area contributed by atoms with Crippen molar-refractivity contribution in [1.29, 1.82) is 0 Å². The molecule has 2 heteroatoms. The fourth-order valence-corrected chi connectivity index (χ4v) is 1.90. The van der Waals surface area contributed by atoms with Gasteiger partial charge in [-0.25, -0.2) is 0 Å². The van der Waals surface area contributed by atoms with E-state index in [1.165, 1.54) is 31.3 Å². The second-order valence-electron chi connectivity index (χ2n) is 4.14. The lowest BCUT2D eigenvalue weighted by Gasteiger charge is -2.06. The van der Waals surface area contributed by atoms with E-state index in [4.69, 9.17) is 0 Å². The molecule has 0 bridgehead atoms. The third kappa shape index (κ3) is 4.06. The first-order valence-electron chi connectivity index (χ1n) is 6.31. The Kier molecular flexibility index (Phi) is 6.08. The second kappa shape index (κ2) is 7.66. The zero-order chi connectivity index (χ0) is 12.5. The van der Waals surface area contributed by atoms with Crippen LogP contribution < -0.4 is 0 Å². The number of nitrogens with one attached hydrogen (secondary N) is 1. The first kappa shape index (κ1) is 13.5. The fraction of sp³-hybridized carbons (Fsp3) is 0.400. The number of aromatic nitrogens is 2. The maximum absolute atomic E-state index is 4.07. The van der Waals surface area contributed by atoms with Crippen molar-refractivity contribution >= 4 is 11.6 Å². The lowest BCUT2D eigenvalue weighted by molar-refractivity contribution is 0.678. The summed E-state index contributed by atoms with van der Waals surface area (Å²) in [7, 11) is 0. The lowest BCUT2D eigenvalue weighted by Crippen LogP contribution is -1.87. The summed E-state index contributed by atoms with van der Waals surface area (Å²) >= 11 is 0.